The maximum absolute atomic E-state index is 5.04. The minimum absolute atomic E-state index is 0.654. The van der Waals surface area contributed by atoms with E-state index in [4.69, 9.17) is 9.97 Å². The molecule has 2 aliphatic rings. The Labute approximate surface area is 163 Å². The first-order chi connectivity index (χ1) is 13.4. The molecule has 27 heavy (non-hydrogen) atoms. The molecular formula is C21H23N5S. The molecule has 0 bridgehead atoms. The van der Waals surface area contributed by atoms with E-state index in [0.29, 0.717) is 6.04 Å². The summed E-state index contributed by atoms with van der Waals surface area (Å²) in [5.74, 6) is 0.862. The van der Waals surface area contributed by atoms with Crippen molar-refractivity contribution in [2.75, 3.05) is 31.1 Å². The average molecular weight is 378 g/mol. The second kappa shape index (κ2) is 7.37. The largest absolute Gasteiger partial charge is 0.338 e. The lowest BCUT2D eigenvalue weighted by atomic mass is 10.00. The second-order valence-corrected chi connectivity index (χ2v) is 8.22. The third-order valence-corrected chi connectivity index (χ3v) is 6.52. The molecule has 2 fully saturated rings. The highest BCUT2D eigenvalue weighted by Crippen LogP contribution is 2.34. The van der Waals surface area contributed by atoms with Gasteiger partial charge in [0.2, 0.25) is 5.95 Å². The maximum atomic E-state index is 5.04. The minimum atomic E-state index is 0.654. The fourth-order valence-electron chi connectivity index (χ4n) is 4.21. The van der Waals surface area contributed by atoms with Gasteiger partial charge in [-0.3, -0.25) is 9.88 Å². The Balaban J connectivity index is 1.50. The topological polar surface area (TPSA) is 45.2 Å². The Bertz CT molecular complexity index is 896. The monoisotopic (exact) mass is 377 g/mol. The van der Waals surface area contributed by atoms with Gasteiger partial charge in [-0.25, -0.2) is 9.97 Å². The van der Waals surface area contributed by atoms with Crippen molar-refractivity contribution in [1.29, 1.82) is 0 Å². The van der Waals surface area contributed by atoms with Gasteiger partial charge in [-0.1, -0.05) is 12.5 Å². The van der Waals surface area contributed by atoms with Gasteiger partial charge in [0.15, 0.2) is 0 Å². The average Bonchev–Trinajstić information content (AvgIpc) is 3.28. The molecule has 0 N–H and O–H groups in total. The Kier molecular flexibility index (Phi) is 4.59. The van der Waals surface area contributed by atoms with E-state index in [1.807, 2.05) is 30.7 Å². The smallest absolute Gasteiger partial charge is 0.226 e. The van der Waals surface area contributed by atoms with Crippen molar-refractivity contribution in [1.82, 2.24) is 19.9 Å². The van der Waals surface area contributed by atoms with Crippen LogP contribution in [0, 0.1) is 0 Å². The molecule has 3 aromatic heterocycles. The number of fused-ring (bicyclic) bond motifs is 1. The van der Waals surface area contributed by atoms with Gasteiger partial charge < -0.3 is 4.90 Å². The van der Waals surface area contributed by atoms with E-state index in [2.05, 4.69) is 32.3 Å². The number of hydrogen-bond donors (Lipinski definition) is 0. The number of pyridine rings is 1. The van der Waals surface area contributed by atoms with Crippen LogP contribution in [0.4, 0.5) is 5.95 Å². The maximum Gasteiger partial charge on any atom is 0.226 e. The van der Waals surface area contributed by atoms with Crippen molar-refractivity contribution in [3.05, 3.63) is 48.2 Å². The van der Waals surface area contributed by atoms with Gasteiger partial charge >= 0.3 is 0 Å². The van der Waals surface area contributed by atoms with Crippen molar-refractivity contribution in [3.63, 3.8) is 0 Å². The van der Waals surface area contributed by atoms with Crippen LogP contribution in [0.25, 0.3) is 21.7 Å². The molecule has 138 valence electrons. The summed E-state index contributed by atoms with van der Waals surface area (Å²) in [6, 6.07) is 8.92. The molecule has 3 aromatic rings. The Morgan fingerprint density at radius 3 is 2.81 bits per heavy atom. The molecule has 5 nitrogen and oxygen atoms in total. The fraction of sp³-hybridized carbons (Fsp3) is 0.381. The molecule has 6 heteroatoms. The predicted octanol–water partition coefficient (Wildman–Crippen LogP) is 3.94. The van der Waals surface area contributed by atoms with Crippen molar-refractivity contribution in [3.8, 4) is 21.7 Å². The minimum Gasteiger partial charge on any atom is -0.338 e. The zero-order valence-corrected chi connectivity index (χ0v) is 16.1. The fourth-order valence-corrected chi connectivity index (χ4v) is 4.93. The highest BCUT2D eigenvalue weighted by molar-refractivity contribution is 7.13. The highest BCUT2D eigenvalue weighted by Gasteiger charge is 2.30. The van der Waals surface area contributed by atoms with Crippen molar-refractivity contribution in [2.45, 2.75) is 25.3 Å². The van der Waals surface area contributed by atoms with Crippen LogP contribution in [-0.2, 0) is 0 Å². The molecular weight excluding hydrogens is 354 g/mol. The molecule has 0 aromatic carbocycles. The SMILES string of the molecule is c1csc(-c2nc(N3CCN4CCCC[C@@H]4C3)ncc2-c2ccncc2)c1. The van der Waals surface area contributed by atoms with Gasteiger partial charge in [-0.15, -0.1) is 11.3 Å². The molecule has 0 aliphatic carbocycles. The molecule has 2 aliphatic heterocycles. The summed E-state index contributed by atoms with van der Waals surface area (Å²) in [6.07, 6.45) is 9.62. The molecule has 5 heterocycles. The lowest BCUT2D eigenvalue weighted by Crippen LogP contribution is -2.55. The molecule has 0 unspecified atom stereocenters. The molecule has 0 spiro atoms. The zero-order chi connectivity index (χ0) is 18.1. The van der Waals surface area contributed by atoms with Crippen molar-refractivity contribution in [2.24, 2.45) is 0 Å². The number of aromatic nitrogens is 3. The van der Waals surface area contributed by atoms with Crippen LogP contribution < -0.4 is 4.90 Å². The first-order valence-corrected chi connectivity index (χ1v) is 10.6. The van der Waals surface area contributed by atoms with Crippen molar-refractivity contribution >= 4 is 17.3 Å². The van der Waals surface area contributed by atoms with Gasteiger partial charge in [0.05, 0.1) is 10.6 Å². The first kappa shape index (κ1) is 16.8. The molecule has 2 saturated heterocycles. The summed E-state index contributed by atoms with van der Waals surface area (Å²) >= 11 is 1.73. The van der Waals surface area contributed by atoms with E-state index in [0.717, 1.165) is 42.4 Å². The summed E-state index contributed by atoms with van der Waals surface area (Å²) in [5, 5.41) is 2.11. The number of piperazine rings is 1. The van der Waals surface area contributed by atoms with Gasteiger partial charge in [-0.2, -0.15) is 0 Å². The molecule has 1 atom stereocenters. The quantitative estimate of drug-likeness (QED) is 0.692. The third kappa shape index (κ3) is 3.35. The van der Waals surface area contributed by atoms with E-state index < -0.39 is 0 Å². The van der Waals surface area contributed by atoms with Crippen LogP contribution in [0.1, 0.15) is 19.3 Å². The van der Waals surface area contributed by atoms with Gasteiger partial charge in [-0.05, 0) is 48.5 Å². The van der Waals surface area contributed by atoms with E-state index in [1.54, 1.807) is 11.3 Å². The molecule has 5 rings (SSSR count). The Hall–Kier alpha value is -2.31. The first-order valence-electron chi connectivity index (χ1n) is 9.69. The third-order valence-electron chi connectivity index (χ3n) is 5.64. The Morgan fingerprint density at radius 1 is 1.04 bits per heavy atom. The molecule has 0 amide bonds. The number of rotatable bonds is 3. The van der Waals surface area contributed by atoms with Crippen LogP contribution in [0.3, 0.4) is 0 Å². The van der Waals surface area contributed by atoms with E-state index >= 15 is 0 Å². The summed E-state index contributed by atoms with van der Waals surface area (Å²) in [6.45, 7) is 4.42. The van der Waals surface area contributed by atoms with E-state index in [-0.39, 0.29) is 0 Å². The normalized spacial score (nSPS) is 20.4. The number of hydrogen-bond acceptors (Lipinski definition) is 6. The number of piperidine rings is 1. The van der Waals surface area contributed by atoms with Gasteiger partial charge in [0.25, 0.3) is 0 Å². The number of thiophene rings is 1. The summed E-state index contributed by atoms with van der Waals surface area (Å²) in [7, 11) is 0. The summed E-state index contributed by atoms with van der Waals surface area (Å²) in [4.78, 5) is 20.1. The standard InChI is InChI=1S/C21H23N5S/c1-2-10-25-11-12-26(15-17(25)4-1)21-23-14-18(16-6-8-22-9-7-16)20(24-21)19-5-3-13-27-19/h3,5-9,13-14,17H,1-2,4,10-12,15H2/t17-/m1/s1. The lowest BCUT2D eigenvalue weighted by molar-refractivity contribution is 0.133. The molecule has 0 radical (unpaired) electrons. The summed E-state index contributed by atoms with van der Waals surface area (Å²) in [5.41, 5.74) is 3.20. The van der Waals surface area contributed by atoms with Crippen LogP contribution >= 0.6 is 11.3 Å². The van der Waals surface area contributed by atoms with Crippen LogP contribution in [0.2, 0.25) is 0 Å². The summed E-state index contributed by atoms with van der Waals surface area (Å²) < 4.78 is 0. The lowest BCUT2D eigenvalue weighted by Gasteiger charge is -2.44. The van der Waals surface area contributed by atoms with Crippen LogP contribution in [0.15, 0.2) is 48.2 Å². The highest BCUT2D eigenvalue weighted by atomic mass is 32.1. The van der Waals surface area contributed by atoms with E-state index in [9.17, 15) is 0 Å². The number of nitrogens with zero attached hydrogens (tertiary/aromatic N) is 5. The van der Waals surface area contributed by atoms with Gasteiger partial charge in [0, 0.05) is 49.8 Å². The zero-order valence-electron chi connectivity index (χ0n) is 15.3. The van der Waals surface area contributed by atoms with Crippen molar-refractivity contribution < 1.29 is 0 Å². The Morgan fingerprint density at radius 2 is 1.96 bits per heavy atom. The van der Waals surface area contributed by atoms with Crippen LogP contribution in [-0.4, -0.2) is 52.1 Å². The second-order valence-electron chi connectivity index (χ2n) is 7.28. The van der Waals surface area contributed by atoms with E-state index in [1.165, 1.54) is 30.7 Å². The predicted molar refractivity (Wildman–Crippen MR) is 110 cm³/mol. The van der Waals surface area contributed by atoms with Gasteiger partial charge in [0.1, 0.15) is 0 Å². The van der Waals surface area contributed by atoms with Crippen LogP contribution in [0.5, 0.6) is 0 Å². The molecule has 0 saturated carbocycles. The number of anilines is 1.